The van der Waals surface area contributed by atoms with Crippen LogP contribution < -0.4 is 27.0 Å². The van der Waals surface area contributed by atoms with E-state index < -0.39 is 52.8 Å². The van der Waals surface area contributed by atoms with Crippen molar-refractivity contribution < 1.29 is 29.1 Å². The lowest BCUT2D eigenvalue weighted by atomic mass is 9.89. The molecule has 33 heavy (non-hydrogen) atoms. The van der Waals surface area contributed by atoms with E-state index in [0.29, 0.717) is 0 Å². The zero-order valence-electron chi connectivity index (χ0n) is 19.6. The van der Waals surface area contributed by atoms with Gasteiger partial charge in [0.15, 0.2) is 0 Å². The number of carbonyl (C=O) groups is 5. The summed E-state index contributed by atoms with van der Waals surface area (Å²) in [5.74, 6) is -3.78. The average Bonchev–Trinajstić information content (AvgIpc) is 2.71. The van der Waals surface area contributed by atoms with Crippen LogP contribution >= 0.6 is 0 Å². The maximum Gasteiger partial charge on any atom is 0.322 e. The van der Waals surface area contributed by atoms with Crippen LogP contribution in [-0.4, -0.2) is 64.4 Å². The van der Waals surface area contributed by atoms with E-state index in [2.05, 4.69) is 21.3 Å². The van der Waals surface area contributed by atoms with Gasteiger partial charge in [-0.2, -0.15) is 0 Å². The highest BCUT2D eigenvalue weighted by atomic mass is 16.4. The summed E-state index contributed by atoms with van der Waals surface area (Å²) in [6, 6.07) is 9.02. The van der Waals surface area contributed by atoms with E-state index in [0.717, 1.165) is 5.56 Å². The van der Waals surface area contributed by atoms with Crippen LogP contribution in [0.4, 0.5) is 0 Å². The van der Waals surface area contributed by atoms with Crippen molar-refractivity contribution in [3.63, 3.8) is 0 Å². The average molecular weight is 464 g/mol. The van der Waals surface area contributed by atoms with E-state index in [9.17, 15) is 24.0 Å². The number of carboxylic acids is 1. The molecule has 4 amide bonds. The van der Waals surface area contributed by atoms with Gasteiger partial charge in [0.1, 0.15) is 23.2 Å². The molecule has 11 nitrogen and oxygen atoms in total. The van der Waals surface area contributed by atoms with Crippen LogP contribution in [0.25, 0.3) is 0 Å². The van der Waals surface area contributed by atoms with Crippen LogP contribution in [0.1, 0.15) is 40.2 Å². The number of hydrogen-bond donors (Lipinski definition) is 6. The van der Waals surface area contributed by atoms with Gasteiger partial charge in [0.2, 0.25) is 23.6 Å². The summed E-state index contributed by atoms with van der Waals surface area (Å²) >= 11 is 0. The molecule has 11 heteroatoms. The Kier molecular flexibility index (Phi) is 9.11. The van der Waals surface area contributed by atoms with E-state index in [4.69, 9.17) is 10.8 Å². The first-order chi connectivity index (χ1) is 15.1. The molecule has 0 unspecified atom stereocenters. The first kappa shape index (κ1) is 27.6. The van der Waals surface area contributed by atoms with Crippen molar-refractivity contribution in [2.24, 2.45) is 5.73 Å². The topological polar surface area (TPSA) is 180 Å². The first-order valence-corrected chi connectivity index (χ1v) is 10.3. The van der Waals surface area contributed by atoms with Crippen molar-refractivity contribution in [3.8, 4) is 0 Å². The molecule has 1 aromatic carbocycles. The standard InChI is InChI=1S/C22H33N5O6/c1-20(2,17(31)24-13-16(29)30)26-18(32)21(3,4)27-19(33)22(5,25-15(28)12-23)11-14-9-7-6-8-10-14/h6-10H,11-13,23H2,1-5H3,(H,24,31)(H,25,28)(H,26,32)(H,27,33)(H,29,30)/t22-/m1/s1. The third-order valence-electron chi connectivity index (χ3n) is 4.89. The molecule has 0 bridgehead atoms. The van der Waals surface area contributed by atoms with Crippen LogP contribution in [0.3, 0.4) is 0 Å². The smallest absolute Gasteiger partial charge is 0.322 e. The van der Waals surface area contributed by atoms with Crippen molar-refractivity contribution in [1.82, 2.24) is 21.3 Å². The Bertz CT molecular complexity index is 900. The minimum atomic E-state index is -1.48. The van der Waals surface area contributed by atoms with Crippen molar-refractivity contribution in [1.29, 1.82) is 0 Å². The normalized spacial score (nSPS) is 13.3. The summed E-state index contributed by atoms with van der Waals surface area (Å²) < 4.78 is 0. The van der Waals surface area contributed by atoms with Gasteiger partial charge in [0, 0.05) is 6.42 Å². The molecule has 0 saturated carbocycles. The minimum absolute atomic E-state index is 0.145. The van der Waals surface area contributed by atoms with Crippen molar-refractivity contribution in [2.75, 3.05) is 13.1 Å². The molecule has 0 aliphatic heterocycles. The zero-order chi connectivity index (χ0) is 25.4. The fraction of sp³-hybridized carbons (Fsp3) is 0.500. The van der Waals surface area contributed by atoms with Crippen molar-refractivity contribution >= 4 is 29.6 Å². The number of aliphatic carboxylic acids is 1. The van der Waals surface area contributed by atoms with Gasteiger partial charge in [-0.15, -0.1) is 0 Å². The van der Waals surface area contributed by atoms with Gasteiger partial charge in [-0.25, -0.2) is 0 Å². The van der Waals surface area contributed by atoms with Gasteiger partial charge in [-0.3, -0.25) is 24.0 Å². The highest BCUT2D eigenvalue weighted by molar-refractivity contribution is 5.99. The van der Waals surface area contributed by atoms with Crippen LogP contribution in [0.2, 0.25) is 0 Å². The van der Waals surface area contributed by atoms with E-state index in [1.54, 1.807) is 24.3 Å². The SMILES string of the molecule is CC(C)(NC(=O)C(C)(C)NC(=O)[C@@](C)(Cc1ccccc1)NC(=O)CN)C(=O)NCC(=O)O. The predicted molar refractivity (Wildman–Crippen MR) is 121 cm³/mol. The van der Waals surface area contributed by atoms with Crippen LogP contribution in [0, 0.1) is 0 Å². The predicted octanol–water partition coefficient (Wildman–Crippen LogP) is -0.947. The molecule has 0 saturated heterocycles. The molecular formula is C22H33N5O6. The number of rotatable bonds is 11. The molecule has 1 atom stereocenters. The monoisotopic (exact) mass is 463 g/mol. The second-order valence-corrected chi connectivity index (χ2v) is 8.98. The van der Waals surface area contributed by atoms with Crippen molar-refractivity contribution in [3.05, 3.63) is 35.9 Å². The van der Waals surface area contributed by atoms with E-state index >= 15 is 0 Å². The maximum atomic E-state index is 13.2. The number of nitrogens with two attached hydrogens (primary N) is 1. The molecule has 0 radical (unpaired) electrons. The molecule has 1 rings (SSSR count). The fourth-order valence-corrected chi connectivity index (χ4v) is 2.90. The number of carbonyl (C=O) groups excluding carboxylic acids is 4. The summed E-state index contributed by atoms with van der Waals surface area (Å²) in [5.41, 5.74) is 1.85. The largest absolute Gasteiger partial charge is 0.480 e. The number of carboxylic acid groups (broad SMARTS) is 1. The lowest BCUT2D eigenvalue weighted by molar-refractivity contribution is -0.141. The molecular weight excluding hydrogens is 430 g/mol. The van der Waals surface area contributed by atoms with Gasteiger partial charge in [-0.05, 0) is 40.2 Å². The molecule has 182 valence electrons. The van der Waals surface area contributed by atoms with E-state index in [-0.39, 0.29) is 13.0 Å². The molecule has 0 aliphatic carbocycles. The molecule has 0 heterocycles. The fourth-order valence-electron chi connectivity index (χ4n) is 2.90. The van der Waals surface area contributed by atoms with Crippen molar-refractivity contribution in [2.45, 2.75) is 57.7 Å². The highest BCUT2D eigenvalue weighted by Crippen LogP contribution is 2.17. The number of hydrogen-bond acceptors (Lipinski definition) is 6. The Morgan fingerprint density at radius 1 is 0.818 bits per heavy atom. The summed E-state index contributed by atoms with van der Waals surface area (Å²) in [7, 11) is 0. The van der Waals surface area contributed by atoms with E-state index in [1.807, 2.05) is 6.07 Å². The Hall–Kier alpha value is -3.47. The third-order valence-corrected chi connectivity index (χ3v) is 4.89. The minimum Gasteiger partial charge on any atom is -0.480 e. The summed E-state index contributed by atoms with van der Waals surface area (Å²) in [4.78, 5) is 61.0. The third kappa shape index (κ3) is 8.19. The number of benzene rings is 1. The first-order valence-electron chi connectivity index (χ1n) is 10.3. The Morgan fingerprint density at radius 3 is 1.85 bits per heavy atom. The van der Waals surface area contributed by atoms with Crippen LogP contribution in [0.15, 0.2) is 30.3 Å². The second kappa shape index (κ2) is 10.9. The molecule has 0 aromatic heterocycles. The lowest BCUT2D eigenvalue weighted by Crippen LogP contribution is -2.67. The summed E-state index contributed by atoms with van der Waals surface area (Å²) in [5, 5.41) is 18.7. The molecule has 0 aliphatic rings. The quantitative estimate of drug-likeness (QED) is 0.245. The summed E-state index contributed by atoms with van der Waals surface area (Å²) in [6.45, 7) is 6.30. The van der Waals surface area contributed by atoms with Gasteiger partial charge < -0.3 is 32.1 Å². The van der Waals surface area contributed by atoms with Crippen LogP contribution in [0.5, 0.6) is 0 Å². The van der Waals surface area contributed by atoms with Gasteiger partial charge in [0.25, 0.3) is 0 Å². The summed E-state index contributed by atoms with van der Waals surface area (Å²) in [6.07, 6.45) is 0.145. The second-order valence-electron chi connectivity index (χ2n) is 8.98. The molecule has 7 N–H and O–H groups in total. The Balaban J connectivity index is 3.01. The lowest BCUT2D eigenvalue weighted by Gasteiger charge is -2.36. The molecule has 0 spiro atoms. The number of nitrogens with one attached hydrogen (secondary N) is 4. The van der Waals surface area contributed by atoms with Gasteiger partial charge in [0.05, 0.1) is 6.54 Å². The zero-order valence-corrected chi connectivity index (χ0v) is 19.6. The Morgan fingerprint density at radius 2 is 1.33 bits per heavy atom. The maximum absolute atomic E-state index is 13.2. The van der Waals surface area contributed by atoms with E-state index in [1.165, 1.54) is 34.6 Å². The molecule has 1 aromatic rings. The Labute approximate surface area is 192 Å². The van der Waals surface area contributed by atoms with Gasteiger partial charge >= 0.3 is 5.97 Å². The molecule has 0 fully saturated rings. The van der Waals surface area contributed by atoms with Gasteiger partial charge in [-0.1, -0.05) is 30.3 Å². The van der Waals surface area contributed by atoms with Crippen LogP contribution in [-0.2, 0) is 30.4 Å². The number of amides is 4. The highest BCUT2D eigenvalue weighted by Gasteiger charge is 2.42.